The number of carbonyl (C=O) groups excluding carboxylic acids is 1. The molecule has 0 aliphatic heterocycles. The van der Waals surface area contributed by atoms with Crippen LogP contribution in [0, 0.1) is 13.8 Å². The Morgan fingerprint density at radius 2 is 1.83 bits per heavy atom. The Labute approximate surface area is 140 Å². The van der Waals surface area contributed by atoms with Crippen molar-refractivity contribution < 1.29 is 13.2 Å². The van der Waals surface area contributed by atoms with Gasteiger partial charge in [0.2, 0.25) is 10.0 Å². The molecule has 0 aliphatic carbocycles. The molecule has 2 aromatic carbocycles. The first-order valence-electron chi connectivity index (χ1n) is 6.87. The van der Waals surface area contributed by atoms with Gasteiger partial charge in [-0.1, -0.05) is 23.7 Å². The maximum absolute atomic E-state index is 12.5. The third-order valence-electron chi connectivity index (χ3n) is 3.55. The smallest absolute Gasteiger partial charge is 0.255 e. The summed E-state index contributed by atoms with van der Waals surface area (Å²) in [6.45, 7) is 3.54. The third kappa shape index (κ3) is 3.72. The Bertz CT molecular complexity index is 864. The van der Waals surface area contributed by atoms with Gasteiger partial charge in [-0.15, -0.1) is 0 Å². The van der Waals surface area contributed by atoms with Gasteiger partial charge >= 0.3 is 0 Å². The second-order valence-electron chi connectivity index (χ2n) is 5.05. The van der Waals surface area contributed by atoms with Crippen LogP contribution in [0.3, 0.4) is 0 Å². The number of sulfonamides is 1. The van der Waals surface area contributed by atoms with Crippen molar-refractivity contribution in [3.05, 3.63) is 58.1 Å². The van der Waals surface area contributed by atoms with Gasteiger partial charge in [-0.3, -0.25) is 4.79 Å². The molecule has 2 aromatic rings. The summed E-state index contributed by atoms with van der Waals surface area (Å²) in [4.78, 5) is 12.5. The summed E-state index contributed by atoms with van der Waals surface area (Å²) in [5.41, 5.74) is 2.31. The molecule has 2 rings (SSSR count). The molecule has 0 spiro atoms. The topological polar surface area (TPSA) is 75.3 Å². The zero-order chi connectivity index (χ0) is 17.2. The van der Waals surface area contributed by atoms with E-state index in [4.69, 9.17) is 11.6 Å². The van der Waals surface area contributed by atoms with E-state index in [1.807, 2.05) is 0 Å². The number of hydrogen-bond donors (Lipinski definition) is 2. The first-order valence-corrected chi connectivity index (χ1v) is 8.73. The summed E-state index contributed by atoms with van der Waals surface area (Å²) in [7, 11) is -2.29. The number of benzene rings is 2. The fourth-order valence-electron chi connectivity index (χ4n) is 2.06. The first-order chi connectivity index (χ1) is 10.8. The van der Waals surface area contributed by atoms with Gasteiger partial charge in [-0.25, -0.2) is 13.1 Å². The van der Waals surface area contributed by atoms with Crippen LogP contribution in [-0.4, -0.2) is 21.4 Å². The number of anilines is 1. The Kier molecular flexibility index (Phi) is 5.09. The van der Waals surface area contributed by atoms with Crippen LogP contribution < -0.4 is 10.0 Å². The molecule has 0 unspecified atom stereocenters. The zero-order valence-electron chi connectivity index (χ0n) is 13.0. The lowest BCUT2D eigenvalue weighted by Crippen LogP contribution is -2.20. The molecule has 2 N–H and O–H groups in total. The van der Waals surface area contributed by atoms with E-state index in [1.54, 1.807) is 38.1 Å². The van der Waals surface area contributed by atoms with E-state index in [0.29, 0.717) is 21.8 Å². The Hall–Kier alpha value is -1.89. The lowest BCUT2D eigenvalue weighted by atomic mass is 10.1. The first kappa shape index (κ1) is 17.5. The molecular formula is C16H17ClN2O3S. The minimum absolute atomic E-state index is 0.0403. The van der Waals surface area contributed by atoms with E-state index >= 15 is 0 Å². The number of carbonyl (C=O) groups is 1. The second-order valence-corrected chi connectivity index (χ2v) is 7.34. The Balaban J connectivity index is 2.40. The van der Waals surface area contributed by atoms with E-state index in [9.17, 15) is 13.2 Å². The van der Waals surface area contributed by atoms with Crippen molar-refractivity contribution in [2.45, 2.75) is 18.7 Å². The molecule has 7 heteroatoms. The Morgan fingerprint density at radius 1 is 1.13 bits per heavy atom. The molecule has 0 fully saturated rings. The summed E-state index contributed by atoms with van der Waals surface area (Å²) in [6, 6.07) is 9.63. The molecule has 0 saturated carbocycles. The minimum atomic E-state index is -3.61. The van der Waals surface area contributed by atoms with Crippen molar-refractivity contribution in [3.63, 3.8) is 0 Å². The van der Waals surface area contributed by atoms with Gasteiger partial charge in [0.15, 0.2) is 0 Å². The lowest BCUT2D eigenvalue weighted by molar-refractivity contribution is 0.102. The van der Waals surface area contributed by atoms with Gasteiger partial charge in [-0.05, 0) is 56.3 Å². The number of aryl methyl sites for hydroxylation is 1. The fourth-order valence-corrected chi connectivity index (χ4v) is 2.99. The number of rotatable bonds is 4. The van der Waals surface area contributed by atoms with Crippen LogP contribution in [0.15, 0.2) is 41.3 Å². The normalized spacial score (nSPS) is 11.3. The summed E-state index contributed by atoms with van der Waals surface area (Å²) in [5.74, 6) is -0.388. The van der Waals surface area contributed by atoms with Gasteiger partial charge in [0, 0.05) is 16.3 Å². The molecule has 0 atom stereocenters. The molecule has 5 nitrogen and oxygen atoms in total. The maximum atomic E-state index is 12.5. The summed E-state index contributed by atoms with van der Waals surface area (Å²) >= 11 is 6.04. The fraction of sp³-hybridized carbons (Fsp3) is 0.188. The van der Waals surface area contributed by atoms with Gasteiger partial charge in [0.05, 0.1) is 4.90 Å². The number of nitrogens with one attached hydrogen (secondary N) is 2. The van der Waals surface area contributed by atoms with E-state index in [2.05, 4.69) is 10.0 Å². The van der Waals surface area contributed by atoms with Crippen LogP contribution in [0.1, 0.15) is 21.5 Å². The van der Waals surface area contributed by atoms with Gasteiger partial charge < -0.3 is 5.32 Å². The zero-order valence-corrected chi connectivity index (χ0v) is 14.5. The van der Waals surface area contributed by atoms with Crippen LogP contribution >= 0.6 is 11.6 Å². The number of halogens is 1. The molecule has 1 amide bonds. The molecule has 0 heterocycles. The van der Waals surface area contributed by atoms with Crippen LogP contribution in [0.2, 0.25) is 5.02 Å². The van der Waals surface area contributed by atoms with E-state index in [0.717, 1.165) is 5.56 Å². The number of amides is 1. The maximum Gasteiger partial charge on any atom is 0.255 e. The predicted molar refractivity (Wildman–Crippen MR) is 91.6 cm³/mol. The molecule has 0 aromatic heterocycles. The standard InChI is InChI=1S/C16H17ClN2O3S/c1-10-7-8-12(23(21,22)18-3)9-13(10)16(20)19-15-6-4-5-14(17)11(15)2/h4-9,18H,1-3H3,(H,19,20). The SMILES string of the molecule is CNS(=O)(=O)c1ccc(C)c(C(=O)Nc2cccc(Cl)c2C)c1. The van der Waals surface area contributed by atoms with E-state index in [-0.39, 0.29) is 10.8 Å². The lowest BCUT2D eigenvalue weighted by Gasteiger charge is -2.12. The molecule has 0 saturated heterocycles. The summed E-state index contributed by atoms with van der Waals surface area (Å²) < 4.78 is 26.0. The van der Waals surface area contributed by atoms with Crippen molar-refractivity contribution in [1.82, 2.24) is 4.72 Å². The van der Waals surface area contributed by atoms with Crippen molar-refractivity contribution in [1.29, 1.82) is 0 Å². The van der Waals surface area contributed by atoms with Crippen molar-refractivity contribution in [2.75, 3.05) is 12.4 Å². The average Bonchev–Trinajstić information content (AvgIpc) is 2.52. The van der Waals surface area contributed by atoms with Crippen LogP contribution in [-0.2, 0) is 10.0 Å². The highest BCUT2D eigenvalue weighted by Crippen LogP contribution is 2.24. The highest BCUT2D eigenvalue weighted by Gasteiger charge is 2.17. The van der Waals surface area contributed by atoms with Crippen LogP contribution in [0.25, 0.3) is 0 Å². The quantitative estimate of drug-likeness (QED) is 0.887. The van der Waals surface area contributed by atoms with Crippen LogP contribution in [0.5, 0.6) is 0 Å². The number of hydrogen-bond acceptors (Lipinski definition) is 3. The highest BCUT2D eigenvalue weighted by molar-refractivity contribution is 7.89. The molecule has 23 heavy (non-hydrogen) atoms. The average molecular weight is 353 g/mol. The molecule has 0 radical (unpaired) electrons. The van der Waals surface area contributed by atoms with Gasteiger partial charge in [0.25, 0.3) is 5.91 Å². The van der Waals surface area contributed by atoms with Crippen molar-refractivity contribution >= 4 is 33.2 Å². The predicted octanol–water partition coefficient (Wildman–Crippen LogP) is 3.12. The van der Waals surface area contributed by atoms with E-state index < -0.39 is 10.0 Å². The van der Waals surface area contributed by atoms with Crippen molar-refractivity contribution in [2.24, 2.45) is 0 Å². The van der Waals surface area contributed by atoms with Gasteiger partial charge in [0.1, 0.15) is 0 Å². The van der Waals surface area contributed by atoms with Gasteiger partial charge in [-0.2, -0.15) is 0 Å². The van der Waals surface area contributed by atoms with E-state index in [1.165, 1.54) is 19.2 Å². The monoisotopic (exact) mass is 352 g/mol. The van der Waals surface area contributed by atoms with Crippen LogP contribution in [0.4, 0.5) is 5.69 Å². The van der Waals surface area contributed by atoms with Crippen molar-refractivity contribution in [3.8, 4) is 0 Å². The molecule has 122 valence electrons. The summed E-state index contributed by atoms with van der Waals surface area (Å²) in [6.07, 6.45) is 0. The molecule has 0 bridgehead atoms. The molecular weight excluding hydrogens is 336 g/mol. The minimum Gasteiger partial charge on any atom is -0.322 e. The highest BCUT2D eigenvalue weighted by atomic mass is 35.5. The largest absolute Gasteiger partial charge is 0.322 e. The second kappa shape index (κ2) is 6.70. The Morgan fingerprint density at radius 3 is 2.48 bits per heavy atom. The molecule has 0 aliphatic rings. The third-order valence-corrected chi connectivity index (χ3v) is 5.37. The summed E-state index contributed by atoms with van der Waals surface area (Å²) in [5, 5.41) is 3.31.